The van der Waals surface area contributed by atoms with E-state index < -0.39 is 10.9 Å². The molecule has 2 aromatic carbocycles. The lowest BCUT2D eigenvalue weighted by Gasteiger charge is -2.17. The van der Waals surface area contributed by atoms with Crippen LogP contribution in [0.15, 0.2) is 60.0 Å². The molecule has 3 aromatic rings. The number of nitrogens with one attached hydrogen (secondary N) is 2. The van der Waals surface area contributed by atoms with Crippen molar-refractivity contribution in [2.24, 2.45) is 0 Å². The summed E-state index contributed by atoms with van der Waals surface area (Å²) in [5.41, 5.74) is 3.46. The minimum atomic E-state index is -2.69. The summed E-state index contributed by atoms with van der Waals surface area (Å²) in [4.78, 5) is 17.3. The van der Waals surface area contributed by atoms with E-state index in [0.29, 0.717) is 18.5 Å². The second-order valence-electron chi connectivity index (χ2n) is 6.58. The normalized spacial score (nSPS) is 11.9. The zero-order chi connectivity index (χ0) is 20.6. The Labute approximate surface area is 176 Å². The molecule has 0 bridgehead atoms. The minimum absolute atomic E-state index is 0.0592. The van der Waals surface area contributed by atoms with Crippen LogP contribution in [-0.2, 0) is 34.9 Å². The quantitative estimate of drug-likeness (QED) is 0.456. The molecule has 2 N–H and O–H groups in total. The van der Waals surface area contributed by atoms with Gasteiger partial charge >= 0.3 is 0 Å². The molecule has 3 rings (SSSR count). The second-order valence-corrected chi connectivity index (χ2v) is 8.21. The molecule has 0 saturated carbocycles. The Morgan fingerprint density at radius 2 is 1.79 bits per heavy atom. The molecule has 0 saturated heterocycles. The van der Waals surface area contributed by atoms with Crippen molar-refractivity contribution >= 4 is 33.8 Å². The molecule has 6 nitrogen and oxygen atoms in total. The molecule has 0 aliphatic heterocycles. The van der Waals surface area contributed by atoms with Crippen LogP contribution in [0.3, 0.4) is 0 Å². The van der Waals surface area contributed by atoms with Gasteiger partial charge in [0.2, 0.25) is 16.8 Å². The van der Waals surface area contributed by atoms with Gasteiger partial charge in [0.25, 0.3) is 0 Å². The molecule has 8 heteroatoms. The van der Waals surface area contributed by atoms with E-state index in [9.17, 15) is 13.2 Å². The number of thiazole rings is 1. The third kappa shape index (κ3) is 6.40. The molecule has 152 valence electrons. The standard InChI is InChI=1S/C21H23N3O3S2/c1-2-17-14-28-21(22-17)19(23-20(25)13-15-6-4-3-5-7-15)12-16-8-10-18(11-9-16)24-29(26)27/h3-11,14,19,29H,2,12-13H2,1H3,(H,23,25)(H,24,26,27)/t19-/m0/s1. The number of anilines is 1. The molecule has 0 aliphatic carbocycles. The third-order valence-electron chi connectivity index (χ3n) is 4.39. The summed E-state index contributed by atoms with van der Waals surface area (Å²) in [7, 11) is -2.69. The number of amides is 1. The van der Waals surface area contributed by atoms with Crippen molar-refractivity contribution in [2.75, 3.05) is 4.72 Å². The predicted octanol–water partition coefficient (Wildman–Crippen LogP) is 3.29. The lowest BCUT2D eigenvalue weighted by molar-refractivity contribution is -0.121. The fraction of sp³-hybridized carbons (Fsp3) is 0.238. The van der Waals surface area contributed by atoms with Crippen LogP contribution >= 0.6 is 11.3 Å². The molecular weight excluding hydrogens is 406 g/mol. The topological polar surface area (TPSA) is 88.2 Å². The Kier molecular flexibility index (Phi) is 7.37. The number of carbonyl (C=O) groups excluding carboxylic acids is 1. The van der Waals surface area contributed by atoms with Gasteiger partial charge in [0.05, 0.1) is 18.2 Å². The predicted molar refractivity (Wildman–Crippen MR) is 117 cm³/mol. The Bertz CT molecular complexity index is 1010. The Balaban J connectivity index is 1.74. The van der Waals surface area contributed by atoms with E-state index in [1.807, 2.05) is 54.8 Å². The van der Waals surface area contributed by atoms with Crippen molar-refractivity contribution in [3.05, 3.63) is 81.8 Å². The maximum atomic E-state index is 12.6. The molecule has 0 radical (unpaired) electrons. The molecule has 0 unspecified atom stereocenters. The van der Waals surface area contributed by atoms with Crippen molar-refractivity contribution in [1.82, 2.24) is 10.3 Å². The van der Waals surface area contributed by atoms with Crippen LogP contribution in [0.4, 0.5) is 5.69 Å². The van der Waals surface area contributed by atoms with Gasteiger partial charge in [-0.1, -0.05) is 49.4 Å². The maximum Gasteiger partial charge on any atom is 0.224 e. The SMILES string of the molecule is CCc1csc([C@H](Cc2ccc(N[SH](=O)=O)cc2)NC(=O)Cc2ccccc2)n1. The van der Waals surface area contributed by atoms with Crippen LogP contribution in [0, 0.1) is 0 Å². The molecule has 1 amide bonds. The molecule has 0 spiro atoms. The van der Waals surface area contributed by atoms with E-state index in [4.69, 9.17) is 0 Å². The Morgan fingerprint density at radius 3 is 2.41 bits per heavy atom. The first-order valence-corrected chi connectivity index (χ1v) is 11.4. The second kappa shape index (κ2) is 10.2. The van der Waals surface area contributed by atoms with E-state index in [0.717, 1.165) is 28.2 Å². The van der Waals surface area contributed by atoms with E-state index in [2.05, 4.69) is 15.0 Å². The first-order chi connectivity index (χ1) is 14.0. The molecule has 1 atom stereocenters. The van der Waals surface area contributed by atoms with Gasteiger partial charge in [0, 0.05) is 11.1 Å². The summed E-state index contributed by atoms with van der Waals surface area (Å²) in [5.74, 6) is -0.0592. The van der Waals surface area contributed by atoms with Gasteiger partial charge < -0.3 is 5.32 Å². The van der Waals surface area contributed by atoms with E-state index in [-0.39, 0.29) is 11.9 Å². The number of benzene rings is 2. The first kappa shape index (κ1) is 21.0. The van der Waals surface area contributed by atoms with Gasteiger partial charge in [-0.25, -0.2) is 13.4 Å². The molecule has 0 aliphatic rings. The van der Waals surface area contributed by atoms with Crippen LogP contribution in [0.2, 0.25) is 0 Å². The number of carbonyl (C=O) groups is 1. The molecule has 0 fully saturated rings. The minimum Gasteiger partial charge on any atom is -0.346 e. The van der Waals surface area contributed by atoms with Crippen molar-refractivity contribution in [3.8, 4) is 0 Å². The highest BCUT2D eigenvalue weighted by Gasteiger charge is 2.19. The summed E-state index contributed by atoms with van der Waals surface area (Å²) < 4.78 is 23.9. The number of nitrogens with zero attached hydrogens (tertiary/aromatic N) is 1. The van der Waals surface area contributed by atoms with Gasteiger partial charge in [-0.15, -0.1) is 11.3 Å². The first-order valence-electron chi connectivity index (χ1n) is 9.31. The summed E-state index contributed by atoms with van der Waals surface area (Å²) in [6.07, 6.45) is 1.72. The highest BCUT2D eigenvalue weighted by atomic mass is 32.2. The molecule has 1 heterocycles. The molecule has 29 heavy (non-hydrogen) atoms. The number of hydrogen-bond acceptors (Lipinski definition) is 5. The number of thiol groups is 1. The van der Waals surface area contributed by atoms with E-state index in [1.165, 1.54) is 0 Å². The van der Waals surface area contributed by atoms with Gasteiger partial charge in [-0.3, -0.25) is 9.52 Å². The van der Waals surface area contributed by atoms with Crippen LogP contribution in [-0.4, -0.2) is 19.3 Å². The lowest BCUT2D eigenvalue weighted by atomic mass is 10.0. The largest absolute Gasteiger partial charge is 0.346 e. The fourth-order valence-corrected chi connectivity index (χ4v) is 4.24. The summed E-state index contributed by atoms with van der Waals surface area (Å²) in [5, 5.41) is 6.00. The average Bonchev–Trinajstić information content (AvgIpc) is 3.18. The highest BCUT2D eigenvalue weighted by molar-refractivity contribution is 7.73. The van der Waals surface area contributed by atoms with Gasteiger partial charge in [0.15, 0.2) is 0 Å². The molecular formula is C21H23N3O3S2. The smallest absolute Gasteiger partial charge is 0.224 e. The van der Waals surface area contributed by atoms with Crippen LogP contribution < -0.4 is 10.0 Å². The van der Waals surface area contributed by atoms with Crippen LogP contribution in [0.25, 0.3) is 0 Å². The van der Waals surface area contributed by atoms with Crippen molar-refractivity contribution in [3.63, 3.8) is 0 Å². The third-order valence-corrected chi connectivity index (χ3v) is 5.83. The number of aromatic nitrogens is 1. The number of aryl methyl sites for hydroxylation is 1. The summed E-state index contributed by atoms with van der Waals surface area (Å²) in [6.45, 7) is 2.05. The lowest BCUT2D eigenvalue weighted by Crippen LogP contribution is -2.31. The van der Waals surface area contributed by atoms with E-state index >= 15 is 0 Å². The number of hydrogen-bond donors (Lipinski definition) is 3. The zero-order valence-corrected chi connectivity index (χ0v) is 17.7. The monoisotopic (exact) mass is 429 g/mol. The van der Waals surface area contributed by atoms with Crippen molar-refractivity contribution in [2.45, 2.75) is 32.2 Å². The summed E-state index contributed by atoms with van der Waals surface area (Å²) in [6, 6.07) is 16.5. The van der Waals surface area contributed by atoms with Crippen molar-refractivity contribution < 1.29 is 13.2 Å². The number of rotatable bonds is 9. The van der Waals surface area contributed by atoms with Gasteiger partial charge in [-0.2, -0.15) is 0 Å². The van der Waals surface area contributed by atoms with Crippen molar-refractivity contribution in [1.29, 1.82) is 0 Å². The highest BCUT2D eigenvalue weighted by Crippen LogP contribution is 2.24. The zero-order valence-electron chi connectivity index (χ0n) is 16.0. The Morgan fingerprint density at radius 1 is 1.07 bits per heavy atom. The van der Waals surface area contributed by atoms with Gasteiger partial charge in [0.1, 0.15) is 5.01 Å². The van der Waals surface area contributed by atoms with E-state index in [1.54, 1.807) is 23.5 Å². The maximum absolute atomic E-state index is 12.6. The van der Waals surface area contributed by atoms with Gasteiger partial charge in [-0.05, 0) is 36.1 Å². The van der Waals surface area contributed by atoms with Crippen LogP contribution in [0.5, 0.6) is 0 Å². The Hall–Kier alpha value is -2.71. The fourth-order valence-electron chi connectivity index (χ4n) is 2.93. The molecule has 1 aromatic heterocycles. The summed E-state index contributed by atoms with van der Waals surface area (Å²) >= 11 is 1.54. The average molecular weight is 430 g/mol. The van der Waals surface area contributed by atoms with Crippen LogP contribution in [0.1, 0.15) is 34.8 Å².